The third-order valence-corrected chi connectivity index (χ3v) is 3.61. The van der Waals surface area contributed by atoms with Crippen LogP contribution in [0.25, 0.3) is 6.08 Å². The van der Waals surface area contributed by atoms with Gasteiger partial charge in [0.2, 0.25) is 0 Å². The summed E-state index contributed by atoms with van der Waals surface area (Å²) in [6.07, 6.45) is 4.04. The lowest BCUT2D eigenvalue weighted by Gasteiger charge is -1.87. The van der Waals surface area contributed by atoms with Gasteiger partial charge in [-0.3, -0.25) is 4.79 Å². The Balaban J connectivity index is 2.36. The van der Waals surface area contributed by atoms with Gasteiger partial charge in [0, 0.05) is 17.6 Å². The number of carbonyl (C=O) groups is 1. The maximum Gasteiger partial charge on any atom is 0.186 e. The van der Waals surface area contributed by atoms with E-state index in [0.29, 0.717) is 0 Å². The third-order valence-electron chi connectivity index (χ3n) is 1.26. The normalized spacial score (nSPS) is 10.9. The van der Waals surface area contributed by atoms with Gasteiger partial charge in [0.15, 0.2) is 5.12 Å². The summed E-state index contributed by atoms with van der Waals surface area (Å²) in [7, 11) is 0. The Labute approximate surface area is 94.4 Å². The van der Waals surface area contributed by atoms with Crippen molar-refractivity contribution < 1.29 is 4.79 Å². The summed E-state index contributed by atoms with van der Waals surface area (Å²) in [6, 6.07) is 4.06. The van der Waals surface area contributed by atoms with Crippen LogP contribution in [0.15, 0.2) is 22.0 Å². The highest BCUT2D eigenvalue weighted by Gasteiger charge is 1.92. The van der Waals surface area contributed by atoms with Gasteiger partial charge in [0.05, 0.1) is 3.79 Å². The van der Waals surface area contributed by atoms with Crippen molar-refractivity contribution in [1.29, 1.82) is 0 Å². The fraction of sp³-hybridized carbons (Fsp3) is 0.222. The molecule has 0 aromatic carbocycles. The molecular weight excluding hydrogens is 268 g/mol. The van der Waals surface area contributed by atoms with Crippen molar-refractivity contribution >= 4 is 50.2 Å². The molecule has 0 saturated heterocycles. The average Bonchev–Trinajstić information content (AvgIpc) is 2.45. The molecule has 1 nitrogen and oxygen atoms in total. The van der Waals surface area contributed by atoms with E-state index in [1.54, 1.807) is 18.3 Å². The van der Waals surface area contributed by atoms with Gasteiger partial charge in [0.25, 0.3) is 0 Å². The first-order chi connectivity index (χ1) is 6.18. The predicted octanol–water partition coefficient (Wildman–Crippen LogP) is 3.80. The second-order valence-electron chi connectivity index (χ2n) is 2.35. The summed E-state index contributed by atoms with van der Waals surface area (Å²) in [5.41, 5.74) is 0. The maximum absolute atomic E-state index is 10.6. The lowest BCUT2D eigenvalue weighted by Crippen LogP contribution is -1.80. The third kappa shape index (κ3) is 4.64. The van der Waals surface area contributed by atoms with Gasteiger partial charge in [-0.25, -0.2) is 0 Å². The van der Waals surface area contributed by atoms with Crippen LogP contribution in [0.5, 0.6) is 0 Å². The molecular formula is C9H9BrOS2. The lowest BCUT2D eigenvalue weighted by atomic mass is 10.4. The number of carbonyl (C=O) groups excluding carboxylic acids is 1. The van der Waals surface area contributed by atoms with Crippen LogP contribution in [0.3, 0.4) is 0 Å². The van der Waals surface area contributed by atoms with E-state index in [4.69, 9.17) is 0 Å². The highest BCUT2D eigenvalue weighted by Crippen LogP contribution is 2.23. The van der Waals surface area contributed by atoms with Crippen LogP contribution >= 0.6 is 39.0 Å². The smallest absolute Gasteiger partial charge is 0.186 e. The van der Waals surface area contributed by atoms with E-state index < -0.39 is 0 Å². The van der Waals surface area contributed by atoms with Gasteiger partial charge in [0.1, 0.15) is 0 Å². The van der Waals surface area contributed by atoms with Crippen LogP contribution in [0.2, 0.25) is 0 Å². The van der Waals surface area contributed by atoms with Crippen LogP contribution < -0.4 is 0 Å². The minimum Gasteiger partial charge on any atom is -0.288 e. The molecule has 0 unspecified atom stereocenters. The van der Waals surface area contributed by atoms with E-state index in [9.17, 15) is 4.79 Å². The average molecular weight is 277 g/mol. The summed E-state index contributed by atoms with van der Waals surface area (Å²) >= 11 is 6.40. The molecule has 13 heavy (non-hydrogen) atoms. The number of halogens is 1. The van der Waals surface area contributed by atoms with Crippen LogP contribution in [0, 0.1) is 0 Å². The molecule has 1 heterocycles. The van der Waals surface area contributed by atoms with Crippen LogP contribution in [0.1, 0.15) is 11.8 Å². The Morgan fingerprint density at radius 2 is 2.46 bits per heavy atom. The molecule has 0 aliphatic carbocycles. The second-order valence-corrected chi connectivity index (χ2v) is 6.04. The standard InChI is InChI=1S/C9H9BrOS2/c1-7(11)12-6-2-3-8-4-5-9(10)13-8/h2-5H,6H2,1H3. The van der Waals surface area contributed by atoms with Gasteiger partial charge in [-0.2, -0.15) is 0 Å². The molecule has 0 aliphatic rings. The summed E-state index contributed by atoms with van der Waals surface area (Å²) < 4.78 is 1.13. The molecule has 70 valence electrons. The molecule has 0 bridgehead atoms. The number of hydrogen-bond acceptors (Lipinski definition) is 3. The molecule has 0 amide bonds. The van der Waals surface area contributed by atoms with E-state index in [-0.39, 0.29) is 5.12 Å². The molecule has 4 heteroatoms. The van der Waals surface area contributed by atoms with Gasteiger partial charge >= 0.3 is 0 Å². The summed E-state index contributed by atoms with van der Waals surface area (Å²) in [4.78, 5) is 11.8. The maximum atomic E-state index is 10.6. The zero-order valence-electron chi connectivity index (χ0n) is 7.12. The summed E-state index contributed by atoms with van der Waals surface area (Å²) in [5.74, 6) is 0.755. The molecule has 0 radical (unpaired) electrons. The largest absolute Gasteiger partial charge is 0.288 e. The Kier molecular flexibility index (Phi) is 4.77. The van der Waals surface area contributed by atoms with Crippen molar-refractivity contribution in [3.8, 4) is 0 Å². The van der Waals surface area contributed by atoms with Crippen LogP contribution in [0.4, 0.5) is 0 Å². The molecule has 1 aromatic rings. The molecule has 0 saturated carbocycles. The Hall–Kier alpha value is -0.0600. The first kappa shape index (κ1) is 11.0. The van der Waals surface area contributed by atoms with E-state index in [1.807, 2.05) is 24.3 Å². The van der Waals surface area contributed by atoms with E-state index in [0.717, 1.165) is 9.54 Å². The van der Waals surface area contributed by atoms with Crippen molar-refractivity contribution in [2.75, 3.05) is 5.75 Å². The van der Waals surface area contributed by atoms with Crippen molar-refractivity contribution in [2.45, 2.75) is 6.92 Å². The highest BCUT2D eigenvalue weighted by molar-refractivity contribution is 9.11. The molecule has 0 aliphatic heterocycles. The number of thiophene rings is 1. The van der Waals surface area contributed by atoms with Crippen molar-refractivity contribution in [3.63, 3.8) is 0 Å². The topological polar surface area (TPSA) is 17.1 Å². The summed E-state index contributed by atoms with van der Waals surface area (Å²) in [6.45, 7) is 1.58. The Bertz CT molecular complexity index is 317. The fourth-order valence-electron chi connectivity index (χ4n) is 0.748. The molecule has 1 rings (SSSR count). The van der Waals surface area contributed by atoms with E-state index in [2.05, 4.69) is 15.9 Å². The van der Waals surface area contributed by atoms with Crippen molar-refractivity contribution in [2.24, 2.45) is 0 Å². The zero-order valence-corrected chi connectivity index (χ0v) is 10.3. The SMILES string of the molecule is CC(=O)SCC=Cc1ccc(Br)s1. The highest BCUT2D eigenvalue weighted by atomic mass is 79.9. The molecule has 0 N–H and O–H groups in total. The lowest BCUT2D eigenvalue weighted by molar-refractivity contribution is -0.109. The number of thioether (sulfide) groups is 1. The van der Waals surface area contributed by atoms with Crippen molar-refractivity contribution in [1.82, 2.24) is 0 Å². The minimum absolute atomic E-state index is 0.164. The monoisotopic (exact) mass is 276 g/mol. The Morgan fingerprint density at radius 1 is 1.69 bits per heavy atom. The molecule has 0 fully saturated rings. The minimum atomic E-state index is 0.164. The van der Waals surface area contributed by atoms with E-state index in [1.165, 1.54) is 16.6 Å². The zero-order chi connectivity index (χ0) is 9.68. The quantitative estimate of drug-likeness (QED) is 0.835. The van der Waals surface area contributed by atoms with E-state index >= 15 is 0 Å². The summed E-state index contributed by atoms with van der Waals surface area (Å²) in [5, 5.41) is 0.164. The van der Waals surface area contributed by atoms with Gasteiger partial charge in [-0.1, -0.05) is 17.8 Å². The number of hydrogen-bond donors (Lipinski definition) is 0. The fourth-order valence-corrected chi connectivity index (χ4v) is 2.53. The first-order valence-electron chi connectivity index (χ1n) is 3.74. The number of rotatable bonds is 3. The first-order valence-corrected chi connectivity index (χ1v) is 6.33. The van der Waals surface area contributed by atoms with Crippen LogP contribution in [-0.2, 0) is 4.79 Å². The van der Waals surface area contributed by atoms with Crippen LogP contribution in [-0.4, -0.2) is 10.9 Å². The van der Waals surface area contributed by atoms with Crippen molar-refractivity contribution in [3.05, 3.63) is 26.9 Å². The predicted molar refractivity (Wildman–Crippen MR) is 64.2 cm³/mol. The molecule has 0 spiro atoms. The second kappa shape index (κ2) is 5.62. The molecule has 1 aromatic heterocycles. The molecule has 0 atom stereocenters. The van der Waals surface area contributed by atoms with Gasteiger partial charge in [-0.15, -0.1) is 11.3 Å². The van der Waals surface area contributed by atoms with Gasteiger partial charge < -0.3 is 0 Å². The Morgan fingerprint density at radius 3 is 3.00 bits per heavy atom. The van der Waals surface area contributed by atoms with Gasteiger partial charge in [-0.05, 0) is 34.1 Å².